The van der Waals surface area contributed by atoms with E-state index in [2.05, 4.69) is 31.6 Å². The lowest BCUT2D eigenvalue weighted by Crippen LogP contribution is -2.29. The highest BCUT2D eigenvalue weighted by Crippen LogP contribution is 2.32. The van der Waals surface area contributed by atoms with Crippen molar-refractivity contribution < 1.29 is 22.7 Å². The van der Waals surface area contributed by atoms with Crippen LogP contribution in [0.5, 0.6) is 5.75 Å². The number of hydrogen-bond acceptors (Lipinski definition) is 5. The number of halogens is 3. The van der Waals surface area contributed by atoms with E-state index >= 15 is 0 Å². The number of carbonyl (C=O) groups is 1. The van der Waals surface area contributed by atoms with E-state index in [9.17, 15) is 18.0 Å². The first-order valence-electron chi connectivity index (χ1n) is 10.2. The molecule has 1 fully saturated rings. The molecule has 10 heteroatoms. The van der Waals surface area contributed by atoms with E-state index in [1.165, 1.54) is 36.8 Å². The van der Waals surface area contributed by atoms with Crippen LogP contribution in [0.2, 0.25) is 0 Å². The number of aromatic nitrogens is 3. The minimum Gasteiger partial charge on any atom is -0.406 e. The molecular weight excluding hydrogens is 423 g/mol. The van der Waals surface area contributed by atoms with Crippen molar-refractivity contribution in [2.24, 2.45) is 0 Å². The predicted molar refractivity (Wildman–Crippen MR) is 114 cm³/mol. The zero-order chi connectivity index (χ0) is 22.7. The summed E-state index contributed by atoms with van der Waals surface area (Å²) in [5.41, 5.74) is 2.66. The third-order valence-corrected chi connectivity index (χ3v) is 5.25. The number of benzene rings is 1. The van der Waals surface area contributed by atoms with Gasteiger partial charge in [-0.25, -0.2) is 9.67 Å². The molecule has 1 saturated heterocycles. The van der Waals surface area contributed by atoms with Gasteiger partial charge < -0.3 is 15.0 Å². The average molecular weight is 445 g/mol. The number of pyridine rings is 1. The number of alkyl halides is 3. The minimum absolute atomic E-state index is 0.163. The van der Waals surface area contributed by atoms with Gasteiger partial charge in [0.25, 0.3) is 0 Å². The van der Waals surface area contributed by atoms with Crippen LogP contribution in [-0.4, -0.2) is 40.1 Å². The van der Waals surface area contributed by atoms with Gasteiger partial charge in [0.15, 0.2) is 5.65 Å². The first kappa shape index (κ1) is 21.7. The molecule has 3 aromatic rings. The van der Waals surface area contributed by atoms with Crippen LogP contribution in [0.4, 0.5) is 18.9 Å². The molecule has 32 heavy (non-hydrogen) atoms. The molecule has 1 N–H and O–H groups in total. The Hall–Kier alpha value is -3.56. The van der Waals surface area contributed by atoms with Crippen LogP contribution < -0.4 is 15.0 Å². The summed E-state index contributed by atoms with van der Waals surface area (Å²) in [6.07, 6.45) is 1.46. The molecule has 3 heterocycles. The maximum Gasteiger partial charge on any atom is 0.573 e. The molecular formula is C22H22F3N5O2. The molecule has 2 aromatic heterocycles. The summed E-state index contributed by atoms with van der Waals surface area (Å²) < 4.78 is 43.0. The highest BCUT2D eigenvalue weighted by Gasteiger charge is 2.31. The van der Waals surface area contributed by atoms with Gasteiger partial charge in [0.1, 0.15) is 5.75 Å². The first-order valence-corrected chi connectivity index (χ1v) is 10.2. The fourth-order valence-corrected chi connectivity index (χ4v) is 3.83. The molecule has 0 spiro atoms. The number of nitrogens with one attached hydrogen (secondary N) is 1. The molecule has 0 unspecified atom stereocenters. The number of hydrogen-bond donors (Lipinski definition) is 1. The summed E-state index contributed by atoms with van der Waals surface area (Å²) in [7, 11) is 0. The van der Waals surface area contributed by atoms with Crippen molar-refractivity contribution in [3.05, 3.63) is 54.9 Å². The van der Waals surface area contributed by atoms with E-state index in [0.29, 0.717) is 17.0 Å². The third-order valence-electron chi connectivity index (χ3n) is 5.25. The number of ether oxygens (including phenoxy) is 1. The Balaban J connectivity index is 1.77. The Morgan fingerprint density at radius 1 is 1.16 bits per heavy atom. The second-order valence-electron chi connectivity index (χ2n) is 7.40. The number of amides is 1. The van der Waals surface area contributed by atoms with Crippen LogP contribution in [0, 0.1) is 0 Å². The average Bonchev–Trinajstić information content (AvgIpc) is 3.16. The highest BCUT2D eigenvalue weighted by atomic mass is 19.4. The summed E-state index contributed by atoms with van der Waals surface area (Å²) in [4.78, 5) is 18.5. The monoisotopic (exact) mass is 445 g/mol. The van der Waals surface area contributed by atoms with Crippen LogP contribution >= 0.6 is 0 Å². The molecule has 1 aliphatic heterocycles. The van der Waals surface area contributed by atoms with Crippen molar-refractivity contribution in [2.75, 3.05) is 18.0 Å². The van der Waals surface area contributed by atoms with Crippen molar-refractivity contribution in [3.63, 3.8) is 0 Å². The number of piperidine rings is 1. The topological polar surface area (TPSA) is 72.3 Å². The van der Waals surface area contributed by atoms with Gasteiger partial charge in [0, 0.05) is 19.3 Å². The molecule has 4 rings (SSSR count). The molecule has 168 valence electrons. The molecule has 0 radical (unpaired) electrons. The summed E-state index contributed by atoms with van der Waals surface area (Å²) in [6, 6.07) is 7.34. The smallest absolute Gasteiger partial charge is 0.406 e. The van der Waals surface area contributed by atoms with Gasteiger partial charge >= 0.3 is 6.36 Å². The van der Waals surface area contributed by atoms with E-state index in [1.54, 1.807) is 10.9 Å². The number of rotatable bonds is 6. The Labute approximate surface area is 182 Å². The lowest BCUT2D eigenvalue weighted by Gasteiger charge is -2.29. The van der Waals surface area contributed by atoms with E-state index in [-0.39, 0.29) is 18.2 Å². The molecule has 1 amide bonds. The highest BCUT2D eigenvalue weighted by molar-refractivity contribution is 5.93. The van der Waals surface area contributed by atoms with Crippen LogP contribution in [-0.2, 0) is 11.3 Å². The Morgan fingerprint density at radius 2 is 1.88 bits per heavy atom. The van der Waals surface area contributed by atoms with E-state index < -0.39 is 6.36 Å². The molecule has 7 nitrogen and oxygen atoms in total. The maximum atomic E-state index is 12.5. The fraction of sp³-hybridized carbons (Fsp3) is 0.318. The van der Waals surface area contributed by atoms with Crippen molar-refractivity contribution >= 4 is 22.6 Å². The van der Waals surface area contributed by atoms with Crippen LogP contribution in [0.3, 0.4) is 0 Å². The lowest BCUT2D eigenvalue weighted by atomic mass is 10.1. The van der Waals surface area contributed by atoms with Gasteiger partial charge in [-0.3, -0.25) is 4.79 Å². The van der Waals surface area contributed by atoms with Crippen LogP contribution in [0.1, 0.15) is 25.0 Å². The zero-order valence-electron chi connectivity index (χ0n) is 17.2. The van der Waals surface area contributed by atoms with E-state index in [0.717, 1.165) is 37.0 Å². The summed E-state index contributed by atoms with van der Waals surface area (Å²) in [5.74, 6) is -0.650. The van der Waals surface area contributed by atoms with Gasteiger partial charge in [-0.05, 0) is 55.7 Å². The van der Waals surface area contributed by atoms with Crippen molar-refractivity contribution in [1.29, 1.82) is 0 Å². The second kappa shape index (κ2) is 8.89. The Bertz CT molecular complexity index is 1120. The number of carbonyl (C=O) groups excluding carboxylic acids is 1. The summed E-state index contributed by atoms with van der Waals surface area (Å²) in [6.45, 7) is 5.44. The van der Waals surface area contributed by atoms with Crippen molar-refractivity contribution in [1.82, 2.24) is 20.1 Å². The second-order valence-corrected chi connectivity index (χ2v) is 7.40. The minimum atomic E-state index is -4.76. The first-order chi connectivity index (χ1) is 15.4. The Morgan fingerprint density at radius 3 is 2.53 bits per heavy atom. The number of nitrogens with zero attached hydrogens (tertiary/aromatic N) is 4. The Kier molecular flexibility index (Phi) is 6.02. The fourth-order valence-electron chi connectivity index (χ4n) is 3.83. The zero-order valence-corrected chi connectivity index (χ0v) is 17.2. The van der Waals surface area contributed by atoms with Gasteiger partial charge in [0.05, 0.1) is 29.0 Å². The summed E-state index contributed by atoms with van der Waals surface area (Å²) >= 11 is 0. The van der Waals surface area contributed by atoms with E-state index in [4.69, 9.17) is 0 Å². The van der Waals surface area contributed by atoms with Gasteiger partial charge in [-0.1, -0.05) is 6.58 Å². The third kappa shape index (κ3) is 4.68. The lowest BCUT2D eigenvalue weighted by molar-refractivity contribution is -0.274. The van der Waals surface area contributed by atoms with E-state index in [1.807, 2.05) is 6.07 Å². The quantitative estimate of drug-likeness (QED) is 0.578. The van der Waals surface area contributed by atoms with Crippen LogP contribution in [0.25, 0.3) is 16.7 Å². The molecule has 1 aromatic carbocycles. The van der Waals surface area contributed by atoms with Gasteiger partial charge in [0.2, 0.25) is 5.91 Å². The van der Waals surface area contributed by atoms with Gasteiger partial charge in [-0.15, -0.1) is 13.2 Å². The normalized spacial score (nSPS) is 14.4. The standard InChI is InChI=1S/C22H22F3N5O2/c1-2-19(31)27-14-17-20-18(29-12-4-3-5-13-29)10-11-26-21(20)30(28-17)15-6-8-16(9-7-15)32-22(23,24)25/h2,6-11H,1,3-5,12-14H2,(H,27,31). The largest absolute Gasteiger partial charge is 0.573 e. The van der Waals surface area contributed by atoms with Crippen molar-refractivity contribution in [3.8, 4) is 11.4 Å². The number of fused-ring (bicyclic) bond motifs is 1. The molecule has 1 aliphatic rings. The summed E-state index contributed by atoms with van der Waals surface area (Å²) in [5, 5.41) is 8.19. The molecule has 0 saturated carbocycles. The SMILES string of the molecule is C=CC(=O)NCc1nn(-c2ccc(OC(F)(F)F)cc2)c2nccc(N3CCCCC3)c12. The van der Waals surface area contributed by atoms with Gasteiger partial charge in [-0.2, -0.15) is 5.10 Å². The molecule has 0 bridgehead atoms. The predicted octanol–water partition coefficient (Wildman–Crippen LogP) is 4.11. The maximum absolute atomic E-state index is 12.5. The van der Waals surface area contributed by atoms with Crippen LogP contribution in [0.15, 0.2) is 49.2 Å². The van der Waals surface area contributed by atoms with Crippen molar-refractivity contribution in [2.45, 2.75) is 32.2 Å². The molecule has 0 aliphatic carbocycles. The number of anilines is 1. The molecule has 0 atom stereocenters.